The van der Waals surface area contributed by atoms with Crippen molar-refractivity contribution in [2.24, 2.45) is 0 Å². The Kier molecular flexibility index (Phi) is 3.93. The fraction of sp³-hybridized carbons (Fsp3) is 0.625. The Hall–Kier alpha value is -1.49. The molecular formula is C16H22FN3O. The van der Waals surface area contributed by atoms with Crippen molar-refractivity contribution in [1.82, 2.24) is 9.97 Å². The van der Waals surface area contributed by atoms with E-state index in [0.717, 1.165) is 39.0 Å². The van der Waals surface area contributed by atoms with Gasteiger partial charge in [-0.15, -0.1) is 0 Å². The largest absolute Gasteiger partial charge is 0.370 e. The number of piperidine rings is 1. The molecule has 4 nitrogen and oxygen atoms in total. The van der Waals surface area contributed by atoms with Crippen molar-refractivity contribution < 1.29 is 9.13 Å². The van der Waals surface area contributed by atoms with E-state index in [2.05, 4.69) is 23.0 Å². The molecule has 1 aromatic rings. The van der Waals surface area contributed by atoms with E-state index < -0.39 is 0 Å². The topological polar surface area (TPSA) is 38.2 Å². The van der Waals surface area contributed by atoms with E-state index >= 15 is 0 Å². The Morgan fingerprint density at radius 2 is 2.10 bits per heavy atom. The van der Waals surface area contributed by atoms with E-state index in [-0.39, 0.29) is 11.4 Å². The summed E-state index contributed by atoms with van der Waals surface area (Å²) in [5.41, 5.74) is 1.75. The third kappa shape index (κ3) is 2.79. The number of aromatic nitrogens is 2. The van der Waals surface area contributed by atoms with Crippen LogP contribution in [0.3, 0.4) is 0 Å². The minimum atomic E-state index is -0.271. The fourth-order valence-electron chi connectivity index (χ4n) is 3.23. The summed E-state index contributed by atoms with van der Waals surface area (Å²) in [6.07, 6.45) is 7.10. The van der Waals surface area contributed by atoms with Gasteiger partial charge in [0.2, 0.25) is 0 Å². The molecule has 0 aromatic carbocycles. The van der Waals surface area contributed by atoms with Crippen LogP contribution in [-0.4, -0.2) is 35.3 Å². The molecule has 0 aliphatic carbocycles. The molecule has 1 aromatic heterocycles. The highest BCUT2D eigenvalue weighted by molar-refractivity contribution is 5.42. The van der Waals surface area contributed by atoms with E-state index in [4.69, 9.17) is 4.74 Å². The van der Waals surface area contributed by atoms with Crippen molar-refractivity contribution in [1.29, 1.82) is 0 Å². The Balaban J connectivity index is 1.76. The van der Waals surface area contributed by atoms with Crippen LogP contribution in [0.5, 0.6) is 0 Å². The molecule has 1 spiro atoms. The standard InChI is InChI=1S/C16H22FN3O/c1-3-13-14(17)15(19-11-18-13)20-7-5-16(6-8-20)10-12(2)4-9-21-16/h10-11H,3-9H2,1-2H3. The molecule has 0 radical (unpaired) electrons. The van der Waals surface area contributed by atoms with Crippen LogP contribution in [0.25, 0.3) is 0 Å². The maximum absolute atomic E-state index is 14.3. The molecule has 0 saturated carbocycles. The highest BCUT2D eigenvalue weighted by atomic mass is 19.1. The van der Waals surface area contributed by atoms with Gasteiger partial charge in [-0.05, 0) is 32.6 Å². The van der Waals surface area contributed by atoms with Gasteiger partial charge in [-0.1, -0.05) is 18.6 Å². The Morgan fingerprint density at radius 1 is 1.33 bits per heavy atom. The Labute approximate surface area is 125 Å². The number of halogens is 1. The second-order valence-electron chi connectivity index (χ2n) is 5.95. The zero-order chi connectivity index (χ0) is 14.9. The highest BCUT2D eigenvalue weighted by Crippen LogP contribution is 2.34. The molecule has 21 heavy (non-hydrogen) atoms. The second kappa shape index (κ2) is 5.72. The van der Waals surface area contributed by atoms with Gasteiger partial charge in [0.25, 0.3) is 0 Å². The van der Waals surface area contributed by atoms with Gasteiger partial charge >= 0.3 is 0 Å². The van der Waals surface area contributed by atoms with Crippen LogP contribution in [0.4, 0.5) is 10.2 Å². The van der Waals surface area contributed by atoms with Crippen molar-refractivity contribution >= 4 is 5.82 Å². The lowest BCUT2D eigenvalue weighted by Gasteiger charge is -2.42. The maximum Gasteiger partial charge on any atom is 0.187 e. The van der Waals surface area contributed by atoms with Crippen LogP contribution in [0.2, 0.25) is 0 Å². The molecule has 0 unspecified atom stereocenters. The molecule has 1 fully saturated rings. The minimum Gasteiger partial charge on any atom is -0.370 e. The number of ether oxygens (including phenoxy) is 1. The third-order valence-corrected chi connectivity index (χ3v) is 4.48. The molecule has 1 saturated heterocycles. The average Bonchev–Trinajstić information content (AvgIpc) is 2.49. The average molecular weight is 291 g/mol. The first-order valence-electron chi connectivity index (χ1n) is 7.70. The molecule has 2 aliphatic heterocycles. The maximum atomic E-state index is 14.3. The number of rotatable bonds is 2. The van der Waals surface area contributed by atoms with E-state index in [1.54, 1.807) is 0 Å². The van der Waals surface area contributed by atoms with Gasteiger partial charge < -0.3 is 9.64 Å². The molecule has 5 heteroatoms. The van der Waals surface area contributed by atoms with Crippen molar-refractivity contribution in [2.45, 2.75) is 45.1 Å². The lowest BCUT2D eigenvalue weighted by Crippen LogP contribution is -2.47. The monoisotopic (exact) mass is 291 g/mol. The molecule has 0 amide bonds. The van der Waals surface area contributed by atoms with Crippen LogP contribution < -0.4 is 4.90 Å². The van der Waals surface area contributed by atoms with Crippen molar-refractivity contribution in [3.05, 3.63) is 29.5 Å². The Morgan fingerprint density at radius 3 is 2.76 bits per heavy atom. The van der Waals surface area contributed by atoms with Gasteiger partial charge in [-0.3, -0.25) is 0 Å². The predicted octanol–water partition coefficient (Wildman–Crippen LogP) is 2.88. The fourth-order valence-corrected chi connectivity index (χ4v) is 3.23. The summed E-state index contributed by atoms with van der Waals surface area (Å²) in [6.45, 7) is 6.39. The van der Waals surface area contributed by atoms with Gasteiger partial charge in [-0.25, -0.2) is 14.4 Å². The number of aryl methyl sites for hydroxylation is 1. The van der Waals surface area contributed by atoms with Gasteiger partial charge in [0.05, 0.1) is 17.9 Å². The van der Waals surface area contributed by atoms with E-state index in [1.807, 2.05) is 11.8 Å². The smallest absolute Gasteiger partial charge is 0.187 e. The van der Waals surface area contributed by atoms with Gasteiger partial charge in [0.15, 0.2) is 11.6 Å². The van der Waals surface area contributed by atoms with Crippen LogP contribution in [0.15, 0.2) is 18.0 Å². The predicted molar refractivity (Wildman–Crippen MR) is 79.9 cm³/mol. The van der Waals surface area contributed by atoms with Gasteiger partial charge in [-0.2, -0.15) is 0 Å². The summed E-state index contributed by atoms with van der Waals surface area (Å²) in [7, 11) is 0. The molecule has 114 valence electrons. The van der Waals surface area contributed by atoms with Crippen LogP contribution in [0.1, 0.15) is 38.8 Å². The number of hydrogen-bond acceptors (Lipinski definition) is 4. The highest BCUT2D eigenvalue weighted by Gasteiger charge is 2.36. The van der Waals surface area contributed by atoms with Crippen LogP contribution >= 0.6 is 0 Å². The van der Waals surface area contributed by atoms with Gasteiger partial charge in [0, 0.05) is 13.1 Å². The van der Waals surface area contributed by atoms with Gasteiger partial charge in [0.1, 0.15) is 6.33 Å². The van der Waals surface area contributed by atoms with Crippen molar-refractivity contribution in [3.63, 3.8) is 0 Å². The zero-order valence-electron chi connectivity index (χ0n) is 12.7. The van der Waals surface area contributed by atoms with E-state index in [0.29, 0.717) is 17.9 Å². The molecule has 0 bridgehead atoms. The molecule has 3 heterocycles. The lowest BCUT2D eigenvalue weighted by molar-refractivity contribution is -0.0327. The van der Waals surface area contributed by atoms with Crippen molar-refractivity contribution in [2.75, 3.05) is 24.6 Å². The SMILES string of the molecule is CCc1ncnc(N2CCC3(C=C(C)CCO3)CC2)c1F. The zero-order valence-corrected chi connectivity index (χ0v) is 12.7. The summed E-state index contributed by atoms with van der Waals surface area (Å²) < 4.78 is 20.3. The second-order valence-corrected chi connectivity index (χ2v) is 5.95. The first-order valence-corrected chi connectivity index (χ1v) is 7.70. The van der Waals surface area contributed by atoms with E-state index in [9.17, 15) is 4.39 Å². The number of nitrogens with zero attached hydrogens (tertiary/aromatic N) is 3. The summed E-state index contributed by atoms with van der Waals surface area (Å²) in [5.74, 6) is 0.167. The summed E-state index contributed by atoms with van der Waals surface area (Å²) in [6, 6.07) is 0. The first kappa shape index (κ1) is 14.4. The molecule has 0 N–H and O–H groups in total. The third-order valence-electron chi connectivity index (χ3n) is 4.48. The van der Waals surface area contributed by atoms with Crippen LogP contribution in [-0.2, 0) is 11.2 Å². The number of anilines is 1. The first-order chi connectivity index (χ1) is 10.1. The summed E-state index contributed by atoms with van der Waals surface area (Å²) in [5, 5.41) is 0. The summed E-state index contributed by atoms with van der Waals surface area (Å²) >= 11 is 0. The molecule has 0 atom stereocenters. The lowest BCUT2D eigenvalue weighted by atomic mass is 9.87. The number of hydrogen-bond donors (Lipinski definition) is 0. The van der Waals surface area contributed by atoms with E-state index in [1.165, 1.54) is 11.9 Å². The molecule has 2 aliphatic rings. The summed E-state index contributed by atoms with van der Waals surface area (Å²) in [4.78, 5) is 10.2. The molecular weight excluding hydrogens is 269 g/mol. The Bertz CT molecular complexity index is 550. The van der Waals surface area contributed by atoms with Crippen LogP contribution in [0, 0.1) is 5.82 Å². The minimum absolute atomic E-state index is 0.143. The normalized spacial score (nSPS) is 21.5. The molecule has 3 rings (SSSR count). The quantitative estimate of drug-likeness (QED) is 0.785. The van der Waals surface area contributed by atoms with Crippen molar-refractivity contribution in [3.8, 4) is 0 Å².